The van der Waals surface area contributed by atoms with E-state index >= 15 is 0 Å². The Balaban J connectivity index is 2.23. The van der Waals surface area contributed by atoms with Crippen molar-refractivity contribution in [1.29, 1.82) is 0 Å². The van der Waals surface area contributed by atoms with E-state index in [1.807, 2.05) is 0 Å². The second-order valence-electron chi connectivity index (χ2n) is 5.10. The van der Waals surface area contributed by atoms with Gasteiger partial charge in [-0.3, -0.25) is 0 Å². The normalized spacial score (nSPS) is 22.2. The van der Waals surface area contributed by atoms with Crippen LogP contribution < -0.4 is 5.73 Å². The van der Waals surface area contributed by atoms with Crippen LogP contribution in [0.5, 0.6) is 0 Å². The van der Waals surface area contributed by atoms with E-state index in [9.17, 15) is 0 Å². The maximum atomic E-state index is 6.32. The molecule has 3 nitrogen and oxygen atoms in total. The lowest BCUT2D eigenvalue weighted by molar-refractivity contribution is 0.110. The number of rotatable bonds is 6. The topological polar surface area (TPSA) is 38.5 Å². The molecule has 0 bridgehead atoms. The van der Waals surface area contributed by atoms with Gasteiger partial charge in [-0.15, -0.1) is 0 Å². The number of likely N-dealkylation sites (N-methyl/N-ethyl adjacent to an activating group) is 1. The zero-order chi connectivity index (χ0) is 11.3. The molecule has 1 aliphatic rings. The summed E-state index contributed by atoms with van der Waals surface area (Å²) in [5.74, 6) is 0. The van der Waals surface area contributed by atoms with Gasteiger partial charge in [-0.1, -0.05) is 12.8 Å². The molecule has 1 aliphatic carbocycles. The summed E-state index contributed by atoms with van der Waals surface area (Å²) in [5, 5.41) is 0. The maximum Gasteiger partial charge on any atom is 0.0615 e. The molecule has 0 amide bonds. The molecule has 0 aromatic carbocycles. The molecule has 15 heavy (non-hydrogen) atoms. The SMILES string of the molecule is COCC(C)N(C)CCC1(N)CCCC1. The van der Waals surface area contributed by atoms with Gasteiger partial charge in [0, 0.05) is 18.7 Å². The summed E-state index contributed by atoms with van der Waals surface area (Å²) in [5.41, 5.74) is 6.45. The second kappa shape index (κ2) is 5.83. The number of nitrogens with two attached hydrogens (primary N) is 1. The van der Waals surface area contributed by atoms with E-state index in [2.05, 4.69) is 18.9 Å². The molecular formula is C12H26N2O. The summed E-state index contributed by atoms with van der Waals surface area (Å²) < 4.78 is 5.15. The van der Waals surface area contributed by atoms with Crippen LogP contribution in [0.3, 0.4) is 0 Å². The molecule has 0 spiro atoms. The molecule has 1 unspecified atom stereocenters. The van der Waals surface area contributed by atoms with Gasteiger partial charge in [-0.05, 0) is 39.8 Å². The number of hydrogen-bond acceptors (Lipinski definition) is 3. The Bertz CT molecular complexity index is 178. The van der Waals surface area contributed by atoms with Crippen molar-refractivity contribution in [2.45, 2.75) is 50.6 Å². The van der Waals surface area contributed by atoms with Crippen LogP contribution in [0, 0.1) is 0 Å². The van der Waals surface area contributed by atoms with E-state index in [1.165, 1.54) is 25.7 Å². The summed E-state index contributed by atoms with van der Waals surface area (Å²) in [6, 6.07) is 0.486. The molecule has 0 aliphatic heterocycles. The van der Waals surface area contributed by atoms with Gasteiger partial charge in [0.05, 0.1) is 6.61 Å². The fourth-order valence-electron chi connectivity index (χ4n) is 2.32. The predicted octanol–water partition coefficient (Wildman–Crippen LogP) is 1.61. The van der Waals surface area contributed by atoms with Crippen LogP contribution in [0.4, 0.5) is 0 Å². The summed E-state index contributed by atoms with van der Waals surface area (Å²) in [6.45, 7) is 4.08. The Hall–Kier alpha value is -0.120. The monoisotopic (exact) mass is 214 g/mol. The van der Waals surface area contributed by atoms with Crippen molar-refractivity contribution in [2.75, 3.05) is 27.3 Å². The molecular weight excluding hydrogens is 188 g/mol. The van der Waals surface area contributed by atoms with E-state index in [-0.39, 0.29) is 5.54 Å². The van der Waals surface area contributed by atoms with E-state index in [1.54, 1.807) is 7.11 Å². The van der Waals surface area contributed by atoms with Gasteiger partial charge in [-0.25, -0.2) is 0 Å². The third-order valence-corrected chi connectivity index (χ3v) is 3.72. The van der Waals surface area contributed by atoms with Crippen LogP contribution in [0.2, 0.25) is 0 Å². The molecule has 2 N–H and O–H groups in total. The Morgan fingerprint density at radius 2 is 2.00 bits per heavy atom. The smallest absolute Gasteiger partial charge is 0.0615 e. The lowest BCUT2D eigenvalue weighted by atomic mass is 9.94. The molecule has 3 heteroatoms. The van der Waals surface area contributed by atoms with Crippen molar-refractivity contribution in [3.8, 4) is 0 Å². The molecule has 0 aromatic rings. The molecule has 0 radical (unpaired) electrons. The summed E-state index contributed by atoms with van der Waals surface area (Å²) in [7, 11) is 3.91. The zero-order valence-electron chi connectivity index (χ0n) is 10.5. The van der Waals surface area contributed by atoms with Crippen molar-refractivity contribution in [2.24, 2.45) is 5.73 Å². The van der Waals surface area contributed by atoms with E-state index in [4.69, 9.17) is 10.5 Å². The minimum Gasteiger partial charge on any atom is -0.383 e. The first-order chi connectivity index (χ1) is 7.07. The van der Waals surface area contributed by atoms with Crippen molar-refractivity contribution < 1.29 is 4.74 Å². The molecule has 1 saturated carbocycles. The number of nitrogens with zero attached hydrogens (tertiary/aromatic N) is 1. The van der Waals surface area contributed by atoms with Gasteiger partial charge in [0.25, 0.3) is 0 Å². The van der Waals surface area contributed by atoms with Gasteiger partial charge in [0.1, 0.15) is 0 Å². The number of hydrogen-bond donors (Lipinski definition) is 1. The van der Waals surface area contributed by atoms with E-state index in [0.29, 0.717) is 6.04 Å². The molecule has 0 saturated heterocycles. The van der Waals surface area contributed by atoms with E-state index < -0.39 is 0 Å². The highest BCUT2D eigenvalue weighted by atomic mass is 16.5. The molecule has 0 aromatic heterocycles. The third kappa shape index (κ3) is 4.09. The molecule has 1 rings (SSSR count). The number of ether oxygens (including phenoxy) is 1. The highest BCUT2D eigenvalue weighted by Crippen LogP contribution is 2.30. The van der Waals surface area contributed by atoms with Crippen LogP contribution in [-0.2, 0) is 4.74 Å². The second-order valence-corrected chi connectivity index (χ2v) is 5.10. The Morgan fingerprint density at radius 1 is 1.40 bits per heavy atom. The standard InChI is InChI=1S/C12H26N2O/c1-11(10-15-3)14(2)9-8-12(13)6-4-5-7-12/h11H,4-10,13H2,1-3H3. The van der Waals surface area contributed by atoms with Gasteiger partial charge in [-0.2, -0.15) is 0 Å². The van der Waals surface area contributed by atoms with Gasteiger partial charge < -0.3 is 15.4 Å². The first-order valence-corrected chi connectivity index (χ1v) is 6.05. The first kappa shape index (κ1) is 12.9. The Kier molecular flexibility index (Phi) is 5.03. The Morgan fingerprint density at radius 3 is 2.53 bits per heavy atom. The molecule has 1 atom stereocenters. The van der Waals surface area contributed by atoms with Gasteiger partial charge in [0.15, 0.2) is 0 Å². The zero-order valence-corrected chi connectivity index (χ0v) is 10.5. The lowest BCUT2D eigenvalue weighted by Gasteiger charge is -2.29. The minimum absolute atomic E-state index is 0.126. The average molecular weight is 214 g/mol. The molecule has 1 fully saturated rings. The van der Waals surface area contributed by atoms with Crippen LogP contribution in [0.1, 0.15) is 39.0 Å². The lowest BCUT2D eigenvalue weighted by Crippen LogP contribution is -2.42. The third-order valence-electron chi connectivity index (χ3n) is 3.72. The first-order valence-electron chi connectivity index (χ1n) is 6.05. The largest absolute Gasteiger partial charge is 0.383 e. The summed E-state index contributed by atoms with van der Waals surface area (Å²) in [4.78, 5) is 2.34. The van der Waals surface area contributed by atoms with Crippen LogP contribution in [0.15, 0.2) is 0 Å². The quantitative estimate of drug-likeness (QED) is 0.730. The summed E-state index contributed by atoms with van der Waals surface area (Å²) >= 11 is 0. The fourth-order valence-corrected chi connectivity index (χ4v) is 2.32. The summed E-state index contributed by atoms with van der Waals surface area (Å²) in [6.07, 6.45) is 6.16. The molecule has 0 heterocycles. The van der Waals surface area contributed by atoms with Crippen molar-refractivity contribution in [1.82, 2.24) is 4.90 Å². The van der Waals surface area contributed by atoms with Crippen molar-refractivity contribution in [3.05, 3.63) is 0 Å². The van der Waals surface area contributed by atoms with Crippen LogP contribution in [-0.4, -0.2) is 43.8 Å². The number of methoxy groups -OCH3 is 1. The van der Waals surface area contributed by atoms with Crippen LogP contribution in [0.25, 0.3) is 0 Å². The van der Waals surface area contributed by atoms with Crippen molar-refractivity contribution >= 4 is 0 Å². The van der Waals surface area contributed by atoms with E-state index in [0.717, 1.165) is 19.6 Å². The molecule has 90 valence electrons. The minimum atomic E-state index is 0.126. The fraction of sp³-hybridized carbons (Fsp3) is 1.00. The maximum absolute atomic E-state index is 6.32. The van der Waals surface area contributed by atoms with Gasteiger partial charge >= 0.3 is 0 Å². The average Bonchev–Trinajstić information content (AvgIpc) is 2.63. The van der Waals surface area contributed by atoms with Gasteiger partial charge in [0.2, 0.25) is 0 Å². The Labute approximate surface area is 94.0 Å². The highest BCUT2D eigenvalue weighted by Gasteiger charge is 2.29. The highest BCUT2D eigenvalue weighted by molar-refractivity contribution is 4.89. The van der Waals surface area contributed by atoms with Crippen LogP contribution >= 0.6 is 0 Å². The van der Waals surface area contributed by atoms with Crippen molar-refractivity contribution in [3.63, 3.8) is 0 Å². The predicted molar refractivity (Wildman–Crippen MR) is 64.0 cm³/mol.